The van der Waals surface area contributed by atoms with Crippen LogP contribution in [0.15, 0.2) is 44.7 Å². The van der Waals surface area contributed by atoms with Crippen molar-refractivity contribution in [2.45, 2.75) is 46.1 Å². The second-order valence-corrected chi connectivity index (χ2v) is 9.21. The molecule has 1 heterocycles. The fourth-order valence-corrected chi connectivity index (χ4v) is 4.14. The number of ether oxygens (including phenoxy) is 2. The minimum Gasteiger partial charge on any atom is -0.476 e. The van der Waals surface area contributed by atoms with Crippen molar-refractivity contribution >= 4 is 62.2 Å². The number of rotatable bonds is 9. The Bertz CT molecular complexity index is 1270. The molecule has 1 aromatic heterocycles. The van der Waals surface area contributed by atoms with Gasteiger partial charge in [0.05, 0.1) is 33.8 Å². The van der Waals surface area contributed by atoms with Crippen LogP contribution in [0.3, 0.4) is 0 Å². The molecule has 0 aliphatic carbocycles. The molecule has 0 aliphatic rings. The molecule has 0 bridgehead atoms. The lowest BCUT2D eigenvalue weighted by Crippen LogP contribution is -2.26. The lowest BCUT2D eigenvalue weighted by Gasteiger charge is -2.16. The molecular weight excluding hydrogens is 545 g/mol. The number of esters is 1. The largest absolute Gasteiger partial charge is 0.476 e. The smallest absolute Gasteiger partial charge is 0.347 e. The van der Waals surface area contributed by atoms with Gasteiger partial charge in [0.25, 0.3) is 5.56 Å². The molecule has 0 aliphatic heterocycles. The summed E-state index contributed by atoms with van der Waals surface area (Å²) in [4.78, 5) is 29.7. The zero-order valence-electron chi connectivity index (χ0n) is 19.0. The summed E-state index contributed by atoms with van der Waals surface area (Å²) < 4.78 is 12.6. The van der Waals surface area contributed by atoms with Crippen molar-refractivity contribution in [1.29, 1.82) is 0 Å². The van der Waals surface area contributed by atoms with Gasteiger partial charge in [-0.1, -0.05) is 52.5 Å². The minimum absolute atomic E-state index is 0.166. The SMILES string of the molecule is CCCCc1nc2ccc(Br)cc2c(=O)n1N=Cc1cc(Cl)c(O[C@H](C)C(=O)OCC)c(Cl)c1. The number of aryl methyl sites for hydroxylation is 1. The highest BCUT2D eigenvalue weighted by Gasteiger charge is 2.19. The molecule has 10 heteroatoms. The van der Waals surface area contributed by atoms with Crippen molar-refractivity contribution in [3.63, 3.8) is 0 Å². The van der Waals surface area contributed by atoms with Crippen LogP contribution in [0.4, 0.5) is 0 Å². The summed E-state index contributed by atoms with van der Waals surface area (Å²) in [5.74, 6) is 0.215. The van der Waals surface area contributed by atoms with E-state index in [1.165, 1.54) is 10.9 Å². The summed E-state index contributed by atoms with van der Waals surface area (Å²) in [5, 5.41) is 5.26. The Morgan fingerprint density at radius 3 is 2.59 bits per heavy atom. The van der Waals surface area contributed by atoms with Crippen molar-refractivity contribution in [1.82, 2.24) is 9.66 Å². The maximum Gasteiger partial charge on any atom is 0.347 e. The Morgan fingerprint density at radius 1 is 1.24 bits per heavy atom. The van der Waals surface area contributed by atoms with Gasteiger partial charge >= 0.3 is 5.97 Å². The van der Waals surface area contributed by atoms with Crippen molar-refractivity contribution in [3.8, 4) is 5.75 Å². The van der Waals surface area contributed by atoms with Gasteiger partial charge in [0.1, 0.15) is 5.82 Å². The van der Waals surface area contributed by atoms with Crippen LogP contribution in [0, 0.1) is 0 Å². The first-order valence-corrected chi connectivity index (χ1v) is 12.4. The van der Waals surface area contributed by atoms with Gasteiger partial charge in [-0.15, -0.1) is 0 Å². The minimum atomic E-state index is -0.878. The molecule has 0 spiro atoms. The molecule has 3 rings (SSSR count). The summed E-state index contributed by atoms with van der Waals surface area (Å²) in [5.41, 5.74) is 0.900. The number of unbranched alkanes of at least 4 members (excludes halogenated alkanes) is 1. The molecule has 3 aromatic rings. The Labute approximate surface area is 215 Å². The average molecular weight is 569 g/mol. The van der Waals surface area contributed by atoms with Gasteiger partial charge in [-0.2, -0.15) is 9.78 Å². The first-order chi connectivity index (χ1) is 16.2. The molecule has 0 saturated carbocycles. The highest BCUT2D eigenvalue weighted by atomic mass is 79.9. The number of aromatic nitrogens is 2. The zero-order valence-corrected chi connectivity index (χ0v) is 22.1. The number of nitrogens with zero attached hydrogens (tertiary/aromatic N) is 3. The van der Waals surface area contributed by atoms with Crippen LogP contribution in [0.1, 0.15) is 45.0 Å². The number of carbonyl (C=O) groups excluding carboxylic acids is 1. The maximum atomic E-state index is 13.2. The highest BCUT2D eigenvalue weighted by Crippen LogP contribution is 2.34. The normalized spacial score (nSPS) is 12.3. The summed E-state index contributed by atoms with van der Waals surface area (Å²) in [7, 11) is 0. The van der Waals surface area contributed by atoms with E-state index >= 15 is 0 Å². The first-order valence-electron chi connectivity index (χ1n) is 10.8. The molecule has 0 N–H and O–H groups in total. The van der Waals surface area contributed by atoms with Crippen LogP contribution in [0.5, 0.6) is 5.75 Å². The Balaban J connectivity index is 1.97. The summed E-state index contributed by atoms with van der Waals surface area (Å²) >= 11 is 16.1. The fourth-order valence-electron chi connectivity index (χ4n) is 3.19. The Kier molecular flexibility index (Phi) is 9.10. The van der Waals surface area contributed by atoms with Gasteiger partial charge in [0.2, 0.25) is 0 Å². The van der Waals surface area contributed by atoms with Gasteiger partial charge in [0, 0.05) is 10.9 Å². The van der Waals surface area contributed by atoms with E-state index in [0.29, 0.717) is 28.7 Å². The highest BCUT2D eigenvalue weighted by molar-refractivity contribution is 9.10. The van der Waals surface area contributed by atoms with Crippen LogP contribution in [0.2, 0.25) is 10.0 Å². The third-order valence-electron chi connectivity index (χ3n) is 4.89. The van der Waals surface area contributed by atoms with Gasteiger partial charge in [0.15, 0.2) is 11.9 Å². The van der Waals surface area contributed by atoms with Crippen molar-refractivity contribution < 1.29 is 14.3 Å². The van der Waals surface area contributed by atoms with Crippen LogP contribution < -0.4 is 10.3 Å². The first kappa shape index (κ1) is 26.2. The Hall–Kier alpha value is -2.42. The van der Waals surface area contributed by atoms with Crippen LogP contribution in [-0.2, 0) is 16.0 Å². The van der Waals surface area contributed by atoms with Gasteiger partial charge in [-0.25, -0.2) is 9.78 Å². The molecule has 0 fully saturated rings. The Morgan fingerprint density at radius 2 is 1.94 bits per heavy atom. The van der Waals surface area contributed by atoms with Crippen molar-refractivity contribution in [2.75, 3.05) is 6.61 Å². The van der Waals surface area contributed by atoms with E-state index < -0.39 is 12.1 Å². The van der Waals surface area contributed by atoms with Crippen molar-refractivity contribution in [3.05, 3.63) is 66.6 Å². The van der Waals surface area contributed by atoms with Gasteiger partial charge in [-0.3, -0.25) is 4.79 Å². The molecule has 0 radical (unpaired) electrons. The molecular formula is C24H24BrCl2N3O4. The predicted molar refractivity (Wildman–Crippen MR) is 138 cm³/mol. The van der Waals surface area contributed by atoms with E-state index in [1.807, 2.05) is 6.07 Å². The topological polar surface area (TPSA) is 82.8 Å². The van der Waals surface area contributed by atoms with E-state index in [0.717, 1.165) is 17.3 Å². The molecule has 7 nitrogen and oxygen atoms in total. The van der Waals surface area contributed by atoms with Crippen LogP contribution in [-0.4, -0.2) is 34.6 Å². The summed E-state index contributed by atoms with van der Waals surface area (Å²) in [6.07, 6.45) is 3.03. The second kappa shape index (κ2) is 11.8. The fraction of sp³-hybridized carbons (Fsp3) is 0.333. The van der Waals surface area contributed by atoms with E-state index in [4.69, 9.17) is 32.7 Å². The summed E-state index contributed by atoms with van der Waals surface area (Å²) in [6, 6.07) is 8.56. The molecule has 2 aromatic carbocycles. The number of hydrogen-bond acceptors (Lipinski definition) is 6. The van der Waals surface area contributed by atoms with E-state index in [1.54, 1.807) is 38.1 Å². The molecule has 0 amide bonds. The molecule has 180 valence electrons. The number of carbonyl (C=O) groups is 1. The van der Waals surface area contributed by atoms with Crippen LogP contribution in [0.25, 0.3) is 10.9 Å². The molecule has 0 saturated heterocycles. The number of benzene rings is 2. The van der Waals surface area contributed by atoms with Gasteiger partial charge < -0.3 is 9.47 Å². The lowest BCUT2D eigenvalue weighted by molar-refractivity contribution is -0.150. The summed E-state index contributed by atoms with van der Waals surface area (Å²) in [6.45, 7) is 5.57. The average Bonchev–Trinajstić information content (AvgIpc) is 2.80. The van der Waals surface area contributed by atoms with E-state index in [9.17, 15) is 9.59 Å². The molecule has 1 atom stereocenters. The second-order valence-electron chi connectivity index (χ2n) is 7.48. The number of halogens is 3. The zero-order chi connectivity index (χ0) is 24.8. The molecule has 34 heavy (non-hydrogen) atoms. The monoisotopic (exact) mass is 567 g/mol. The molecule has 0 unspecified atom stereocenters. The third kappa shape index (κ3) is 6.17. The van der Waals surface area contributed by atoms with Crippen molar-refractivity contribution in [2.24, 2.45) is 5.10 Å². The van der Waals surface area contributed by atoms with E-state index in [-0.39, 0.29) is 28.0 Å². The third-order valence-corrected chi connectivity index (χ3v) is 5.94. The quantitative estimate of drug-likeness (QED) is 0.233. The predicted octanol–water partition coefficient (Wildman–Crippen LogP) is 6.02. The van der Waals surface area contributed by atoms with Crippen LogP contribution >= 0.6 is 39.1 Å². The standard InChI is InChI=1S/C24H24BrCl2N3O4/c1-4-6-7-21-29-20-9-8-16(25)12-17(20)23(31)30(21)28-13-15-10-18(26)22(19(27)11-15)34-14(3)24(32)33-5-2/h8-14H,4-7H2,1-3H3/t14-/m1/s1. The number of fused-ring (bicyclic) bond motifs is 1. The maximum absolute atomic E-state index is 13.2. The van der Waals surface area contributed by atoms with Gasteiger partial charge in [-0.05, 0) is 56.2 Å². The lowest BCUT2D eigenvalue weighted by atomic mass is 10.2. The van der Waals surface area contributed by atoms with E-state index in [2.05, 4.69) is 32.9 Å². The number of hydrogen-bond donors (Lipinski definition) is 0.